The van der Waals surface area contributed by atoms with Gasteiger partial charge in [-0.1, -0.05) is 18.6 Å². The van der Waals surface area contributed by atoms with E-state index >= 15 is 0 Å². The van der Waals surface area contributed by atoms with Crippen molar-refractivity contribution < 1.29 is 0 Å². The summed E-state index contributed by atoms with van der Waals surface area (Å²) in [5.74, 6) is 0. The summed E-state index contributed by atoms with van der Waals surface area (Å²) < 4.78 is 0. The molecule has 17 heavy (non-hydrogen) atoms. The first-order valence-corrected chi connectivity index (χ1v) is 6.06. The fraction of sp³-hybridized carbons (Fsp3) is 0.462. The monoisotopic (exact) mass is 231 g/mol. The minimum atomic E-state index is 0.352. The lowest BCUT2D eigenvalue weighted by molar-refractivity contribution is 0.605. The van der Waals surface area contributed by atoms with E-state index in [-0.39, 0.29) is 0 Å². The summed E-state index contributed by atoms with van der Waals surface area (Å²) in [7, 11) is 0. The highest BCUT2D eigenvalue weighted by atomic mass is 16.3. The predicted molar refractivity (Wildman–Crippen MR) is 70.0 cm³/mol. The number of benzene rings is 1. The Kier molecular flexibility index (Phi) is 4.38. The number of hydrogen-bond acceptors (Lipinski definition) is 4. The molecule has 0 amide bonds. The van der Waals surface area contributed by atoms with Crippen LogP contribution in [-0.2, 0) is 0 Å². The first-order chi connectivity index (χ1) is 8.38. The highest BCUT2D eigenvalue weighted by molar-refractivity contribution is 5.81. The molecule has 0 radical (unpaired) electrons. The topological polar surface area (TPSA) is 53.8 Å². The zero-order valence-electron chi connectivity index (χ0n) is 9.80. The second-order valence-electron chi connectivity index (χ2n) is 4.32. The van der Waals surface area contributed by atoms with Crippen molar-refractivity contribution in [1.29, 1.82) is 0 Å². The second kappa shape index (κ2) is 6.25. The van der Waals surface area contributed by atoms with Crippen molar-refractivity contribution in [1.82, 2.24) is 5.32 Å². The van der Waals surface area contributed by atoms with Crippen LogP contribution in [-0.4, -0.2) is 25.3 Å². The molecule has 4 nitrogen and oxygen atoms in total. The molecule has 1 fully saturated rings. The Balaban J connectivity index is 2.00. The maximum Gasteiger partial charge on any atom is 0.108 e. The summed E-state index contributed by atoms with van der Waals surface area (Å²) in [6, 6.07) is 7.55. The van der Waals surface area contributed by atoms with Gasteiger partial charge < -0.3 is 5.32 Å². The van der Waals surface area contributed by atoms with Crippen molar-refractivity contribution in [3.8, 4) is 0 Å². The molecule has 90 valence electrons. The Bertz CT molecular complexity index is 395. The van der Waals surface area contributed by atoms with E-state index in [1.165, 1.54) is 12.8 Å². The second-order valence-corrected chi connectivity index (χ2v) is 4.32. The van der Waals surface area contributed by atoms with Crippen molar-refractivity contribution in [3.05, 3.63) is 34.7 Å². The van der Waals surface area contributed by atoms with Gasteiger partial charge in [-0.15, -0.1) is 4.91 Å². The molecule has 2 rings (SSSR count). The van der Waals surface area contributed by atoms with Gasteiger partial charge in [0.25, 0.3) is 0 Å². The number of aliphatic imine (C=N–C) groups is 1. The molecule has 0 bridgehead atoms. The average molecular weight is 231 g/mol. The van der Waals surface area contributed by atoms with Gasteiger partial charge >= 0.3 is 0 Å². The van der Waals surface area contributed by atoms with Crippen molar-refractivity contribution >= 4 is 11.9 Å². The third kappa shape index (κ3) is 3.75. The third-order valence-corrected chi connectivity index (χ3v) is 2.93. The van der Waals surface area contributed by atoms with Crippen LogP contribution in [0.5, 0.6) is 0 Å². The van der Waals surface area contributed by atoms with Crippen LogP contribution in [0.15, 0.2) is 34.4 Å². The van der Waals surface area contributed by atoms with E-state index in [4.69, 9.17) is 0 Å². The van der Waals surface area contributed by atoms with Crippen LogP contribution in [0.1, 0.15) is 24.8 Å². The molecular weight excluding hydrogens is 214 g/mol. The number of nitrogens with one attached hydrogen (secondary N) is 1. The number of nitroso groups, excluding NO2 is 1. The Morgan fingerprint density at radius 2 is 2.29 bits per heavy atom. The quantitative estimate of drug-likeness (QED) is 0.642. The molecule has 0 unspecified atom stereocenters. The van der Waals surface area contributed by atoms with E-state index in [0.29, 0.717) is 11.7 Å². The molecule has 4 heteroatoms. The van der Waals surface area contributed by atoms with E-state index in [1.807, 2.05) is 18.3 Å². The highest BCUT2D eigenvalue weighted by Crippen LogP contribution is 2.13. The summed E-state index contributed by atoms with van der Waals surface area (Å²) in [6.45, 7) is 2.04. The van der Waals surface area contributed by atoms with Crippen molar-refractivity contribution in [2.75, 3.05) is 13.1 Å². The summed E-state index contributed by atoms with van der Waals surface area (Å²) in [5, 5.41) is 6.29. The van der Waals surface area contributed by atoms with Crippen molar-refractivity contribution in [2.24, 2.45) is 10.2 Å². The minimum absolute atomic E-state index is 0.352. The van der Waals surface area contributed by atoms with Gasteiger partial charge in [-0.05, 0) is 42.3 Å². The lowest BCUT2D eigenvalue weighted by atomic mass is 10.1. The fourth-order valence-corrected chi connectivity index (χ4v) is 1.98. The normalized spacial score (nSPS) is 21.3. The Labute approximate surface area is 101 Å². The van der Waals surface area contributed by atoms with E-state index in [2.05, 4.69) is 15.5 Å². The Morgan fingerprint density at radius 3 is 3.18 bits per heavy atom. The van der Waals surface area contributed by atoms with Crippen LogP contribution in [0.25, 0.3) is 0 Å². The van der Waals surface area contributed by atoms with Gasteiger partial charge in [0.15, 0.2) is 0 Å². The molecule has 1 heterocycles. The molecule has 1 aliphatic rings. The first kappa shape index (κ1) is 11.9. The van der Waals surface area contributed by atoms with E-state index in [1.54, 1.807) is 12.1 Å². The van der Waals surface area contributed by atoms with Gasteiger partial charge in [0, 0.05) is 12.8 Å². The van der Waals surface area contributed by atoms with Crippen LogP contribution in [0, 0.1) is 4.91 Å². The van der Waals surface area contributed by atoms with Crippen LogP contribution in [0.3, 0.4) is 0 Å². The van der Waals surface area contributed by atoms with Gasteiger partial charge in [0.2, 0.25) is 0 Å². The number of rotatable bonds is 3. The first-order valence-electron chi connectivity index (χ1n) is 6.06. The highest BCUT2D eigenvalue weighted by Gasteiger charge is 2.08. The van der Waals surface area contributed by atoms with E-state index in [0.717, 1.165) is 25.1 Å². The molecule has 1 atom stereocenters. The molecule has 1 aromatic rings. The van der Waals surface area contributed by atoms with Gasteiger partial charge in [0.05, 0.1) is 6.04 Å². The summed E-state index contributed by atoms with van der Waals surface area (Å²) >= 11 is 0. The van der Waals surface area contributed by atoms with Crippen LogP contribution < -0.4 is 5.32 Å². The van der Waals surface area contributed by atoms with Crippen molar-refractivity contribution in [2.45, 2.75) is 25.3 Å². The zero-order valence-corrected chi connectivity index (χ0v) is 9.80. The molecule has 1 saturated heterocycles. The minimum Gasteiger partial charge on any atom is -0.315 e. The zero-order chi connectivity index (χ0) is 11.9. The standard InChI is InChI=1S/C13H17N3O/c17-16-12-6-3-4-11(8-12)9-15-13-5-1-2-7-14-10-13/h3-4,6,8-9,13-14H,1-2,5,7,10H2/b15-9+/t13-/m1/s1. The third-order valence-electron chi connectivity index (χ3n) is 2.93. The van der Waals surface area contributed by atoms with Gasteiger partial charge in [-0.3, -0.25) is 4.99 Å². The van der Waals surface area contributed by atoms with Crippen LogP contribution in [0.2, 0.25) is 0 Å². The summed E-state index contributed by atoms with van der Waals surface area (Å²) in [4.78, 5) is 15.0. The maximum atomic E-state index is 10.4. The molecule has 1 aliphatic heterocycles. The van der Waals surface area contributed by atoms with Crippen molar-refractivity contribution in [3.63, 3.8) is 0 Å². The smallest absolute Gasteiger partial charge is 0.108 e. The maximum absolute atomic E-state index is 10.4. The Morgan fingerprint density at radius 1 is 1.35 bits per heavy atom. The molecule has 1 aromatic carbocycles. The molecule has 0 saturated carbocycles. The number of hydrogen-bond donors (Lipinski definition) is 1. The van der Waals surface area contributed by atoms with Crippen LogP contribution >= 0.6 is 0 Å². The lowest BCUT2D eigenvalue weighted by Gasteiger charge is -2.07. The fourth-order valence-electron chi connectivity index (χ4n) is 1.98. The molecule has 0 aliphatic carbocycles. The van der Waals surface area contributed by atoms with Gasteiger partial charge in [0.1, 0.15) is 5.69 Å². The number of nitrogens with zero attached hydrogens (tertiary/aromatic N) is 2. The average Bonchev–Trinajstić information content (AvgIpc) is 2.65. The molecular formula is C13H17N3O. The van der Waals surface area contributed by atoms with Gasteiger partial charge in [-0.25, -0.2) is 0 Å². The summed E-state index contributed by atoms with van der Waals surface area (Å²) in [5.41, 5.74) is 1.39. The van der Waals surface area contributed by atoms with Gasteiger partial charge in [-0.2, -0.15) is 0 Å². The lowest BCUT2D eigenvalue weighted by Crippen LogP contribution is -2.23. The SMILES string of the molecule is O=Nc1cccc(/C=N/[C@@H]2CCCCNC2)c1. The largest absolute Gasteiger partial charge is 0.315 e. The van der Waals surface area contributed by atoms with Crippen LogP contribution in [0.4, 0.5) is 5.69 Å². The Hall–Kier alpha value is -1.55. The predicted octanol–water partition coefficient (Wildman–Crippen LogP) is 2.65. The van der Waals surface area contributed by atoms with E-state index in [9.17, 15) is 4.91 Å². The molecule has 1 N–H and O–H groups in total. The molecule has 0 aromatic heterocycles. The summed E-state index contributed by atoms with van der Waals surface area (Å²) in [6.07, 6.45) is 5.43. The van der Waals surface area contributed by atoms with E-state index < -0.39 is 0 Å². The molecule has 0 spiro atoms.